The monoisotopic (exact) mass is 344 g/mol. The van der Waals surface area contributed by atoms with Gasteiger partial charge in [-0.25, -0.2) is 0 Å². The van der Waals surface area contributed by atoms with E-state index in [9.17, 15) is 10.1 Å². The van der Waals surface area contributed by atoms with Gasteiger partial charge in [0.15, 0.2) is 11.5 Å². The number of pyridine rings is 1. The largest absolute Gasteiger partial charge is 0.493 e. The first-order chi connectivity index (χ1) is 11.6. The molecule has 3 rings (SSSR count). The molecule has 0 spiro atoms. The van der Waals surface area contributed by atoms with Gasteiger partial charge in [0.25, 0.3) is 5.69 Å². The van der Waals surface area contributed by atoms with Crippen molar-refractivity contribution in [1.29, 1.82) is 0 Å². The molecule has 0 atom stereocenters. The topological polar surface area (TPSA) is 74.5 Å². The maximum Gasteiger partial charge on any atom is 0.273 e. The Morgan fingerprint density at radius 3 is 2.79 bits per heavy atom. The van der Waals surface area contributed by atoms with Crippen LogP contribution in [0.4, 0.5) is 5.69 Å². The molecule has 0 bridgehead atoms. The average Bonchev–Trinajstić information content (AvgIpc) is 2.61. The standard InChI is InChI=1S/C17H13ClN2O4/c1-23-15-7-5-12(20(21)22)9-16(15)24-10-11-4-6-14(18)13-3-2-8-19-17(11)13/h2-9H,10H2,1H3. The first-order valence-electron chi connectivity index (χ1n) is 7.07. The summed E-state index contributed by atoms with van der Waals surface area (Å²) in [4.78, 5) is 14.8. The van der Waals surface area contributed by atoms with Gasteiger partial charge in [0.2, 0.25) is 0 Å². The molecule has 0 N–H and O–H groups in total. The van der Waals surface area contributed by atoms with E-state index in [0.717, 1.165) is 16.5 Å². The van der Waals surface area contributed by atoms with Gasteiger partial charge in [-0.3, -0.25) is 15.1 Å². The highest BCUT2D eigenvalue weighted by Gasteiger charge is 2.13. The van der Waals surface area contributed by atoms with Crippen molar-refractivity contribution < 1.29 is 14.4 Å². The quantitative estimate of drug-likeness (QED) is 0.507. The Morgan fingerprint density at radius 2 is 2.04 bits per heavy atom. The van der Waals surface area contributed by atoms with Crippen molar-refractivity contribution in [3.8, 4) is 11.5 Å². The summed E-state index contributed by atoms with van der Waals surface area (Å²) in [7, 11) is 1.48. The molecule has 0 aliphatic carbocycles. The van der Waals surface area contributed by atoms with Gasteiger partial charge >= 0.3 is 0 Å². The van der Waals surface area contributed by atoms with Crippen LogP contribution in [0.3, 0.4) is 0 Å². The summed E-state index contributed by atoms with van der Waals surface area (Å²) in [6, 6.07) is 11.5. The van der Waals surface area contributed by atoms with E-state index in [2.05, 4.69) is 4.98 Å². The lowest BCUT2D eigenvalue weighted by Crippen LogP contribution is -2.00. The summed E-state index contributed by atoms with van der Waals surface area (Å²) < 4.78 is 10.9. The zero-order chi connectivity index (χ0) is 17.1. The molecule has 1 heterocycles. The molecule has 0 unspecified atom stereocenters. The lowest BCUT2D eigenvalue weighted by atomic mass is 10.1. The van der Waals surface area contributed by atoms with Gasteiger partial charge in [0.1, 0.15) is 6.61 Å². The number of hydrogen-bond acceptors (Lipinski definition) is 5. The van der Waals surface area contributed by atoms with Crippen molar-refractivity contribution in [2.24, 2.45) is 0 Å². The molecule has 0 aliphatic rings. The van der Waals surface area contributed by atoms with Crippen molar-refractivity contribution in [1.82, 2.24) is 4.98 Å². The zero-order valence-corrected chi connectivity index (χ0v) is 13.5. The number of hydrogen-bond donors (Lipinski definition) is 0. The minimum atomic E-state index is -0.481. The summed E-state index contributed by atoms with van der Waals surface area (Å²) in [5.41, 5.74) is 1.49. The summed E-state index contributed by atoms with van der Waals surface area (Å²) in [5.74, 6) is 0.720. The van der Waals surface area contributed by atoms with Crippen molar-refractivity contribution in [3.05, 3.63) is 69.4 Å². The second-order valence-electron chi connectivity index (χ2n) is 4.99. The SMILES string of the molecule is COc1ccc([N+](=O)[O-])cc1OCc1ccc(Cl)c2cccnc12. The summed E-state index contributed by atoms with van der Waals surface area (Å²) in [5, 5.41) is 12.4. The lowest BCUT2D eigenvalue weighted by molar-refractivity contribution is -0.385. The number of fused-ring (bicyclic) bond motifs is 1. The third-order valence-electron chi connectivity index (χ3n) is 3.54. The number of nitro benzene ring substituents is 1. The number of nitrogens with zero attached hydrogens (tertiary/aromatic N) is 2. The van der Waals surface area contributed by atoms with E-state index in [1.54, 1.807) is 12.3 Å². The van der Waals surface area contributed by atoms with Crippen LogP contribution >= 0.6 is 11.6 Å². The van der Waals surface area contributed by atoms with Crippen LogP contribution in [0, 0.1) is 10.1 Å². The fraction of sp³-hybridized carbons (Fsp3) is 0.118. The van der Waals surface area contributed by atoms with Crippen LogP contribution < -0.4 is 9.47 Å². The van der Waals surface area contributed by atoms with Gasteiger partial charge in [-0.15, -0.1) is 0 Å². The van der Waals surface area contributed by atoms with E-state index in [1.807, 2.05) is 18.2 Å². The first kappa shape index (κ1) is 16.0. The number of nitro groups is 1. The molecule has 122 valence electrons. The Balaban J connectivity index is 1.93. The number of rotatable bonds is 5. The number of methoxy groups -OCH3 is 1. The minimum absolute atomic E-state index is 0.0649. The van der Waals surface area contributed by atoms with Crippen LogP contribution in [0.2, 0.25) is 5.02 Å². The minimum Gasteiger partial charge on any atom is -0.493 e. The number of non-ortho nitro benzene ring substituents is 1. The van der Waals surface area contributed by atoms with Gasteiger partial charge in [-0.05, 0) is 24.3 Å². The van der Waals surface area contributed by atoms with Crippen molar-refractivity contribution in [2.45, 2.75) is 6.61 Å². The summed E-state index contributed by atoms with van der Waals surface area (Å²) in [6.45, 7) is 0.183. The van der Waals surface area contributed by atoms with Gasteiger partial charge in [0.05, 0.1) is 23.6 Å². The molecular weight excluding hydrogens is 332 g/mol. The maximum atomic E-state index is 10.9. The van der Waals surface area contributed by atoms with Gasteiger partial charge in [-0.1, -0.05) is 17.7 Å². The molecule has 0 saturated carbocycles. The second-order valence-corrected chi connectivity index (χ2v) is 5.39. The highest BCUT2D eigenvalue weighted by Crippen LogP contribution is 2.32. The zero-order valence-electron chi connectivity index (χ0n) is 12.7. The molecule has 7 heteroatoms. The predicted molar refractivity (Wildman–Crippen MR) is 90.7 cm³/mol. The van der Waals surface area contributed by atoms with E-state index in [1.165, 1.54) is 25.3 Å². The number of halogens is 1. The van der Waals surface area contributed by atoms with E-state index in [4.69, 9.17) is 21.1 Å². The Hall–Kier alpha value is -2.86. The highest BCUT2D eigenvalue weighted by molar-refractivity contribution is 6.35. The van der Waals surface area contributed by atoms with Crippen LogP contribution in [0.15, 0.2) is 48.7 Å². The fourth-order valence-electron chi connectivity index (χ4n) is 2.36. The molecule has 6 nitrogen and oxygen atoms in total. The number of ether oxygens (including phenoxy) is 2. The van der Waals surface area contributed by atoms with Crippen LogP contribution in [0.1, 0.15) is 5.56 Å². The second kappa shape index (κ2) is 6.72. The molecule has 2 aromatic carbocycles. The third kappa shape index (κ3) is 3.09. The smallest absolute Gasteiger partial charge is 0.273 e. The molecule has 24 heavy (non-hydrogen) atoms. The molecule has 0 radical (unpaired) electrons. The highest BCUT2D eigenvalue weighted by atomic mass is 35.5. The Morgan fingerprint density at radius 1 is 1.21 bits per heavy atom. The average molecular weight is 345 g/mol. The normalized spacial score (nSPS) is 10.6. The molecule has 1 aromatic heterocycles. The number of aromatic nitrogens is 1. The summed E-state index contributed by atoms with van der Waals surface area (Å²) >= 11 is 6.17. The molecule has 3 aromatic rings. The predicted octanol–water partition coefficient (Wildman–Crippen LogP) is 4.38. The maximum absolute atomic E-state index is 10.9. The van der Waals surface area contributed by atoms with E-state index < -0.39 is 4.92 Å². The van der Waals surface area contributed by atoms with Crippen molar-refractivity contribution >= 4 is 28.2 Å². The van der Waals surface area contributed by atoms with Crippen LogP contribution in [0.25, 0.3) is 10.9 Å². The Labute approximate surface area is 142 Å². The number of benzene rings is 2. The van der Waals surface area contributed by atoms with Crippen LogP contribution in [0.5, 0.6) is 11.5 Å². The van der Waals surface area contributed by atoms with Gasteiger partial charge in [-0.2, -0.15) is 0 Å². The third-order valence-corrected chi connectivity index (χ3v) is 3.87. The van der Waals surface area contributed by atoms with Crippen LogP contribution in [-0.2, 0) is 6.61 Å². The van der Waals surface area contributed by atoms with Gasteiger partial charge in [0, 0.05) is 28.2 Å². The molecular formula is C17H13ClN2O4. The van der Waals surface area contributed by atoms with Crippen LogP contribution in [-0.4, -0.2) is 17.0 Å². The van der Waals surface area contributed by atoms with E-state index >= 15 is 0 Å². The molecule has 0 fully saturated rings. The van der Waals surface area contributed by atoms with Gasteiger partial charge < -0.3 is 9.47 Å². The lowest BCUT2D eigenvalue weighted by Gasteiger charge is -2.12. The fourth-order valence-corrected chi connectivity index (χ4v) is 2.58. The molecule has 0 saturated heterocycles. The van der Waals surface area contributed by atoms with Crippen molar-refractivity contribution in [3.63, 3.8) is 0 Å². The molecule has 0 amide bonds. The summed E-state index contributed by atoms with van der Waals surface area (Å²) in [6.07, 6.45) is 1.68. The van der Waals surface area contributed by atoms with E-state index in [0.29, 0.717) is 16.5 Å². The Bertz CT molecular complexity index is 914. The first-order valence-corrected chi connectivity index (χ1v) is 7.45. The Kier molecular flexibility index (Phi) is 4.48. The van der Waals surface area contributed by atoms with Crippen molar-refractivity contribution in [2.75, 3.05) is 7.11 Å². The van der Waals surface area contributed by atoms with E-state index in [-0.39, 0.29) is 12.3 Å². The molecule has 0 aliphatic heterocycles.